The second-order valence-corrected chi connectivity index (χ2v) is 7.38. The molecule has 2 saturated carbocycles. The molecule has 2 N–H and O–H groups in total. The molecule has 0 amide bonds. The van der Waals surface area contributed by atoms with E-state index in [9.17, 15) is 0 Å². The fraction of sp³-hybridized carbons (Fsp3) is 1.00. The molecule has 2 nitrogen and oxygen atoms in total. The molecule has 18 heavy (non-hydrogen) atoms. The Bertz CT molecular complexity index is 291. The fourth-order valence-corrected chi connectivity index (χ4v) is 4.55. The summed E-state index contributed by atoms with van der Waals surface area (Å²) in [7, 11) is 0. The first-order valence-corrected chi connectivity index (χ1v) is 8.03. The van der Waals surface area contributed by atoms with Crippen molar-refractivity contribution in [2.45, 2.75) is 82.8 Å². The summed E-state index contributed by atoms with van der Waals surface area (Å²) in [4.78, 5) is 0. The second-order valence-electron chi connectivity index (χ2n) is 7.38. The minimum Gasteiger partial charge on any atom is -0.375 e. The van der Waals surface area contributed by atoms with Crippen molar-refractivity contribution in [3.8, 4) is 0 Å². The molecule has 1 saturated heterocycles. The van der Waals surface area contributed by atoms with Gasteiger partial charge in [0.25, 0.3) is 0 Å². The first-order valence-electron chi connectivity index (χ1n) is 8.03. The van der Waals surface area contributed by atoms with Crippen molar-refractivity contribution >= 4 is 0 Å². The molecular weight excluding hydrogens is 222 g/mol. The van der Waals surface area contributed by atoms with Crippen LogP contribution >= 0.6 is 0 Å². The van der Waals surface area contributed by atoms with Crippen LogP contribution in [0.1, 0.15) is 71.1 Å². The molecule has 1 aliphatic heterocycles. The van der Waals surface area contributed by atoms with Gasteiger partial charge in [0.2, 0.25) is 0 Å². The Kier molecular flexibility index (Phi) is 3.44. The van der Waals surface area contributed by atoms with Crippen molar-refractivity contribution < 1.29 is 4.74 Å². The minimum absolute atomic E-state index is 0.256. The van der Waals surface area contributed by atoms with Gasteiger partial charge in [-0.3, -0.25) is 0 Å². The molecule has 2 unspecified atom stereocenters. The normalized spacial score (nSPS) is 36.0. The second kappa shape index (κ2) is 4.79. The smallest absolute Gasteiger partial charge is 0.0685 e. The molecule has 3 fully saturated rings. The SMILES string of the molecule is CC1(C(N)C2CCOC3(CCC3)C2)CCCCC1. The largest absolute Gasteiger partial charge is 0.375 e. The van der Waals surface area contributed by atoms with Crippen LogP contribution in [0.15, 0.2) is 0 Å². The molecule has 2 atom stereocenters. The molecule has 1 heterocycles. The Morgan fingerprint density at radius 3 is 2.39 bits per heavy atom. The summed E-state index contributed by atoms with van der Waals surface area (Å²) in [5.74, 6) is 0.710. The maximum atomic E-state index is 6.70. The van der Waals surface area contributed by atoms with Crippen molar-refractivity contribution in [2.24, 2.45) is 17.1 Å². The molecule has 0 aromatic heterocycles. The zero-order valence-corrected chi connectivity index (χ0v) is 11.9. The lowest BCUT2D eigenvalue weighted by Gasteiger charge is -2.51. The first kappa shape index (κ1) is 12.9. The lowest BCUT2D eigenvalue weighted by Crippen LogP contribution is -2.53. The van der Waals surface area contributed by atoms with Crippen molar-refractivity contribution in [1.82, 2.24) is 0 Å². The fourth-order valence-electron chi connectivity index (χ4n) is 4.55. The van der Waals surface area contributed by atoms with Crippen LogP contribution in [0.3, 0.4) is 0 Å². The van der Waals surface area contributed by atoms with E-state index in [1.807, 2.05) is 0 Å². The Morgan fingerprint density at radius 1 is 1.06 bits per heavy atom. The number of ether oxygens (including phenoxy) is 1. The van der Waals surface area contributed by atoms with E-state index in [-0.39, 0.29) is 5.60 Å². The first-order chi connectivity index (χ1) is 8.64. The van der Waals surface area contributed by atoms with Crippen molar-refractivity contribution in [3.05, 3.63) is 0 Å². The number of rotatable bonds is 2. The van der Waals surface area contributed by atoms with Gasteiger partial charge < -0.3 is 10.5 Å². The van der Waals surface area contributed by atoms with E-state index in [2.05, 4.69) is 6.92 Å². The summed E-state index contributed by atoms with van der Waals surface area (Å²) in [6.45, 7) is 3.40. The molecule has 3 aliphatic rings. The van der Waals surface area contributed by atoms with Crippen LogP contribution in [0, 0.1) is 11.3 Å². The van der Waals surface area contributed by atoms with E-state index in [0.717, 1.165) is 6.61 Å². The molecule has 0 aromatic carbocycles. The third-order valence-corrected chi connectivity index (χ3v) is 6.10. The van der Waals surface area contributed by atoms with Gasteiger partial charge in [0.15, 0.2) is 0 Å². The zero-order valence-electron chi connectivity index (χ0n) is 11.9. The highest BCUT2D eigenvalue weighted by atomic mass is 16.5. The quantitative estimate of drug-likeness (QED) is 0.813. The molecule has 3 rings (SSSR count). The Balaban J connectivity index is 1.65. The molecule has 2 aliphatic carbocycles. The topological polar surface area (TPSA) is 35.2 Å². The molecule has 1 spiro atoms. The Labute approximate surface area is 112 Å². The van der Waals surface area contributed by atoms with Crippen LogP contribution in [0.4, 0.5) is 0 Å². The summed E-state index contributed by atoms with van der Waals surface area (Å²) < 4.78 is 6.05. The third kappa shape index (κ3) is 2.22. The predicted molar refractivity (Wildman–Crippen MR) is 74.4 cm³/mol. The van der Waals surface area contributed by atoms with Gasteiger partial charge in [-0.25, -0.2) is 0 Å². The minimum atomic E-state index is 0.256. The lowest BCUT2D eigenvalue weighted by atomic mass is 9.62. The van der Waals surface area contributed by atoms with Gasteiger partial charge in [-0.2, -0.15) is 0 Å². The van der Waals surface area contributed by atoms with Crippen molar-refractivity contribution in [3.63, 3.8) is 0 Å². The Hall–Kier alpha value is -0.0800. The maximum Gasteiger partial charge on any atom is 0.0685 e. The van der Waals surface area contributed by atoms with E-state index in [1.54, 1.807) is 0 Å². The zero-order chi connectivity index (χ0) is 12.6. The monoisotopic (exact) mass is 251 g/mol. The molecule has 0 radical (unpaired) electrons. The van der Waals surface area contributed by atoms with E-state index in [4.69, 9.17) is 10.5 Å². The summed E-state index contributed by atoms with van der Waals surface area (Å²) >= 11 is 0. The molecule has 0 aromatic rings. The highest BCUT2D eigenvalue weighted by molar-refractivity contribution is 5.00. The summed E-state index contributed by atoms with van der Waals surface area (Å²) in [5, 5.41) is 0. The van der Waals surface area contributed by atoms with Gasteiger partial charge in [0, 0.05) is 12.6 Å². The lowest BCUT2D eigenvalue weighted by molar-refractivity contribution is -0.150. The van der Waals surface area contributed by atoms with E-state index in [1.165, 1.54) is 64.2 Å². The maximum absolute atomic E-state index is 6.70. The van der Waals surface area contributed by atoms with Crippen LogP contribution in [0.5, 0.6) is 0 Å². The summed E-state index contributed by atoms with van der Waals surface area (Å²) in [6, 6.07) is 0.402. The third-order valence-electron chi connectivity index (χ3n) is 6.10. The van der Waals surface area contributed by atoms with Crippen LogP contribution < -0.4 is 5.73 Å². The van der Waals surface area contributed by atoms with Gasteiger partial charge in [0.05, 0.1) is 5.60 Å². The molecule has 2 heteroatoms. The van der Waals surface area contributed by atoms with Gasteiger partial charge in [-0.1, -0.05) is 26.2 Å². The highest BCUT2D eigenvalue weighted by Crippen LogP contribution is 2.48. The van der Waals surface area contributed by atoms with E-state index in [0.29, 0.717) is 17.4 Å². The molecule has 104 valence electrons. The summed E-state index contributed by atoms with van der Waals surface area (Å²) in [6.07, 6.45) is 13.2. The summed E-state index contributed by atoms with van der Waals surface area (Å²) in [5.41, 5.74) is 7.37. The highest BCUT2D eigenvalue weighted by Gasteiger charge is 2.47. The van der Waals surface area contributed by atoms with Crippen molar-refractivity contribution in [1.29, 1.82) is 0 Å². The molecular formula is C16H29NO. The van der Waals surface area contributed by atoms with E-state index >= 15 is 0 Å². The number of hydrogen-bond acceptors (Lipinski definition) is 2. The number of nitrogens with two attached hydrogens (primary N) is 1. The van der Waals surface area contributed by atoms with Crippen LogP contribution in [0.25, 0.3) is 0 Å². The van der Waals surface area contributed by atoms with Gasteiger partial charge in [-0.15, -0.1) is 0 Å². The van der Waals surface area contributed by atoms with Crippen LogP contribution in [0.2, 0.25) is 0 Å². The Morgan fingerprint density at radius 2 is 1.78 bits per heavy atom. The average molecular weight is 251 g/mol. The van der Waals surface area contributed by atoms with Crippen molar-refractivity contribution in [2.75, 3.05) is 6.61 Å². The van der Waals surface area contributed by atoms with Crippen LogP contribution in [-0.4, -0.2) is 18.2 Å². The van der Waals surface area contributed by atoms with Crippen LogP contribution in [-0.2, 0) is 4.74 Å². The standard InChI is InChI=1S/C16H29NO/c1-15(7-3-2-4-8-15)14(17)13-6-11-18-16(12-13)9-5-10-16/h13-14H,2-12,17H2,1H3. The molecule has 0 bridgehead atoms. The van der Waals surface area contributed by atoms with Gasteiger partial charge in [-0.05, 0) is 56.3 Å². The van der Waals surface area contributed by atoms with Gasteiger partial charge >= 0.3 is 0 Å². The average Bonchev–Trinajstić information content (AvgIpc) is 2.37. The predicted octanol–water partition coefficient (Wildman–Crippen LogP) is 3.63. The van der Waals surface area contributed by atoms with E-state index < -0.39 is 0 Å². The van der Waals surface area contributed by atoms with Gasteiger partial charge in [0.1, 0.15) is 0 Å². The number of hydrogen-bond donors (Lipinski definition) is 1.